The molecule has 2 N–H and O–H groups in total. The van der Waals surface area contributed by atoms with Crippen LogP contribution in [0.15, 0.2) is 9.82 Å². The van der Waals surface area contributed by atoms with Gasteiger partial charge in [-0.05, 0) is 19.8 Å². The van der Waals surface area contributed by atoms with E-state index in [0.717, 1.165) is 19.4 Å². The van der Waals surface area contributed by atoms with Crippen LogP contribution >= 0.6 is 11.8 Å². The Bertz CT molecular complexity index is 508. The van der Waals surface area contributed by atoms with Crippen LogP contribution in [0.5, 0.6) is 0 Å². The minimum Gasteiger partial charge on any atom is -0.478 e. The zero-order chi connectivity index (χ0) is 13.1. The van der Waals surface area contributed by atoms with Gasteiger partial charge in [-0.1, -0.05) is 0 Å². The Balaban J connectivity index is 2.19. The van der Waals surface area contributed by atoms with Crippen molar-refractivity contribution in [1.29, 1.82) is 0 Å². The van der Waals surface area contributed by atoms with Crippen LogP contribution in [0, 0.1) is 6.92 Å². The van der Waals surface area contributed by atoms with Crippen molar-refractivity contribution in [3.8, 4) is 0 Å². The van der Waals surface area contributed by atoms with Gasteiger partial charge in [0.25, 0.3) is 0 Å². The third kappa shape index (κ3) is 2.91. The second kappa shape index (κ2) is 5.53. The summed E-state index contributed by atoms with van der Waals surface area (Å²) < 4.78 is 5.45. The topological polar surface area (TPSA) is 92.3 Å². The molecule has 1 saturated heterocycles. The molecule has 1 aliphatic rings. The highest BCUT2D eigenvalue weighted by Crippen LogP contribution is 2.25. The summed E-state index contributed by atoms with van der Waals surface area (Å²) >= 11 is 1.26. The molecule has 0 aromatic carbocycles. The first-order chi connectivity index (χ1) is 8.58. The van der Waals surface area contributed by atoms with Gasteiger partial charge < -0.3 is 14.8 Å². The predicted molar refractivity (Wildman–Crippen MR) is 66.3 cm³/mol. The maximum absolute atomic E-state index is 11.3. The highest BCUT2D eigenvalue weighted by molar-refractivity contribution is 7.99. The first-order valence-electron chi connectivity index (χ1n) is 5.66. The molecule has 0 spiro atoms. The van der Waals surface area contributed by atoms with Gasteiger partial charge in [-0.2, -0.15) is 4.98 Å². The van der Waals surface area contributed by atoms with Crippen molar-refractivity contribution in [3.05, 3.63) is 21.7 Å². The Morgan fingerprint density at radius 2 is 2.44 bits per heavy atom. The molecule has 2 heterocycles. The molecule has 0 bridgehead atoms. The zero-order valence-corrected chi connectivity index (χ0v) is 10.7. The minimum atomic E-state index is -1.08. The summed E-state index contributed by atoms with van der Waals surface area (Å²) in [6.07, 6.45) is 2.12. The Morgan fingerprint density at radius 1 is 1.67 bits per heavy atom. The first-order valence-corrected chi connectivity index (χ1v) is 6.65. The number of ether oxygens (including phenoxy) is 1. The fourth-order valence-corrected chi connectivity index (χ4v) is 3.00. The molecular weight excluding hydrogens is 256 g/mol. The van der Waals surface area contributed by atoms with Crippen LogP contribution in [0.4, 0.5) is 0 Å². The first kappa shape index (κ1) is 13.1. The fourth-order valence-electron chi connectivity index (χ4n) is 1.86. The molecule has 18 heavy (non-hydrogen) atoms. The molecule has 1 aromatic rings. The van der Waals surface area contributed by atoms with Gasteiger partial charge in [-0.25, -0.2) is 9.59 Å². The van der Waals surface area contributed by atoms with Crippen molar-refractivity contribution in [1.82, 2.24) is 9.97 Å². The van der Waals surface area contributed by atoms with E-state index in [0.29, 0.717) is 11.4 Å². The van der Waals surface area contributed by atoms with Crippen LogP contribution in [0.25, 0.3) is 0 Å². The largest absolute Gasteiger partial charge is 0.478 e. The van der Waals surface area contributed by atoms with Crippen molar-refractivity contribution in [2.24, 2.45) is 0 Å². The average Bonchev–Trinajstić information content (AvgIpc) is 2.77. The molecule has 1 atom stereocenters. The molecule has 1 aromatic heterocycles. The quantitative estimate of drug-likeness (QED) is 0.627. The van der Waals surface area contributed by atoms with Crippen molar-refractivity contribution in [2.45, 2.75) is 30.9 Å². The average molecular weight is 270 g/mol. The van der Waals surface area contributed by atoms with E-state index in [1.54, 1.807) is 6.92 Å². The number of carbonyl (C=O) groups is 1. The van der Waals surface area contributed by atoms with Crippen molar-refractivity contribution < 1.29 is 14.6 Å². The maximum Gasteiger partial charge on any atom is 0.346 e. The molecule has 0 aliphatic carbocycles. The van der Waals surface area contributed by atoms with E-state index in [-0.39, 0.29) is 16.7 Å². The number of H-pyrrole nitrogens is 1. The van der Waals surface area contributed by atoms with Gasteiger partial charge in [0.1, 0.15) is 10.6 Å². The van der Waals surface area contributed by atoms with E-state index in [1.165, 1.54) is 11.8 Å². The van der Waals surface area contributed by atoms with E-state index < -0.39 is 11.7 Å². The van der Waals surface area contributed by atoms with Gasteiger partial charge in [-0.15, -0.1) is 11.8 Å². The molecular formula is C11H14N2O4S. The number of thioether (sulfide) groups is 1. The van der Waals surface area contributed by atoms with Gasteiger partial charge in [0.2, 0.25) is 0 Å². The smallest absolute Gasteiger partial charge is 0.346 e. The number of carboxylic acids is 1. The summed E-state index contributed by atoms with van der Waals surface area (Å²) in [4.78, 5) is 28.5. The molecule has 2 rings (SSSR count). The molecule has 1 fully saturated rings. The standard InChI is InChI=1S/C11H14N2O4S/c1-6-8(10(14)15)9(13-11(16)12-6)18-5-7-3-2-4-17-7/h7H,2-5H2,1H3,(H,14,15)(H,12,13,16). The summed E-state index contributed by atoms with van der Waals surface area (Å²) in [6, 6.07) is 0. The van der Waals surface area contributed by atoms with E-state index in [1.807, 2.05) is 0 Å². The van der Waals surface area contributed by atoms with E-state index in [4.69, 9.17) is 9.84 Å². The molecule has 98 valence electrons. The summed E-state index contributed by atoms with van der Waals surface area (Å²) in [6.45, 7) is 2.31. The fraction of sp³-hybridized carbons (Fsp3) is 0.545. The molecule has 0 amide bonds. The van der Waals surface area contributed by atoms with Gasteiger partial charge in [0.05, 0.1) is 6.10 Å². The highest BCUT2D eigenvalue weighted by Gasteiger charge is 2.20. The van der Waals surface area contributed by atoms with Gasteiger partial charge in [0.15, 0.2) is 0 Å². The second-order valence-electron chi connectivity index (χ2n) is 4.10. The molecule has 0 radical (unpaired) electrons. The molecule has 6 nitrogen and oxygen atoms in total. The number of aromatic nitrogens is 2. The Labute approximate surface area is 108 Å². The van der Waals surface area contributed by atoms with Crippen LogP contribution in [0.3, 0.4) is 0 Å². The van der Waals surface area contributed by atoms with E-state index >= 15 is 0 Å². The Kier molecular flexibility index (Phi) is 4.03. The van der Waals surface area contributed by atoms with Crippen molar-refractivity contribution >= 4 is 17.7 Å². The number of rotatable bonds is 4. The summed E-state index contributed by atoms with van der Waals surface area (Å²) in [5.41, 5.74) is -0.123. The summed E-state index contributed by atoms with van der Waals surface area (Å²) in [7, 11) is 0. The second-order valence-corrected chi connectivity index (χ2v) is 5.11. The van der Waals surface area contributed by atoms with Crippen LogP contribution < -0.4 is 5.69 Å². The zero-order valence-electron chi connectivity index (χ0n) is 9.93. The van der Waals surface area contributed by atoms with Crippen LogP contribution in [0.1, 0.15) is 28.9 Å². The normalized spacial score (nSPS) is 19.1. The number of nitrogens with zero attached hydrogens (tertiary/aromatic N) is 1. The maximum atomic E-state index is 11.3. The third-order valence-electron chi connectivity index (χ3n) is 2.73. The van der Waals surface area contributed by atoms with Crippen molar-refractivity contribution in [3.63, 3.8) is 0 Å². The van der Waals surface area contributed by atoms with Crippen LogP contribution in [-0.2, 0) is 4.74 Å². The minimum absolute atomic E-state index is 0.0672. The number of aromatic carboxylic acids is 1. The Hall–Kier alpha value is -1.34. The molecule has 1 unspecified atom stereocenters. The van der Waals surface area contributed by atoms with E-state index in [9.17, 15) is 9.59 Å². The third-order valence-corrected chi connectivity index (χ3v) is 3.84. The summed E-state index contributed by atoms with van der Waals surface area (Å²) in [5.74, 6) is -0.456. The molecule has 1 aliphatic heterocycles. The number of hydrogen-bond acceptors (Lipinski definition) is 5. The lowest BCUT2D eigenvalue weighted by atomic mass is 10.2. The van der Waals surface area contributed by atoms with Gasteiger partial charge >= 0.3 is 11.7 Å². The number of carboxylic acid groups (broad SMARTS) is 1. The number of nitrogens with one attached hydrogen (secondary N) is 1. The SMILES string of the molecule is Cc1[nH]c(=O)nc(SCC2CCCO2)c1C(=O)O. The van der Waals surface area contributed by atoms with Gasteiger partial charge in [0, 0.05) is 18.1 Å². The lowest BCUT2D eigenvalue weighted by molar-refractivity contribution is 0.0690. The molecule has 7 heteroatoms. The lowest BCUT2D eigenvalue weighted by Gasteiger charge is -2.10. The summed E-state index contributed by atoms with van der Waals surface area (Å²) in [5, 5.41) is 9.39. The van der Waals surface area contributed by atoms with Gasteiger partial charge in [-0.3, -0.25) is 0 Å². The number of aromatic amines is 1. The van der Waals surface area contributed by atoms with Crippen LogP contribution in [0.2, 0.25) is 0 Å². The molecule has 0 saturated carbocycles. The van der Waals surface area contributed by atoms with Crippen molar-refractivity contribution in [2.75, 3.05) is 12.4 Å². The van der Waals surface area contributed by atoms with Crippen LogP contribution in [-0.4, -0.2) is 39.5 Å². The van der Waals surface area contributed by atoms with E-state index in [2.05, 4.69) is 9.97 Å². The highest BCUT2D eigenvalue weighted by atomic mass is 32.2. The monoisotopic (exact) mass is 270 g/mol. The predicted octanol–water partition coefficient (Wildman–Crippen LogP) is 1.05. The lowest BCUT2D eigenvalue weighted by Crippen LogP contribution is -2.19. The number of hydrogen-bond donors (Lipinski definition) is 2. The number of aryl methyl sites for hydroxylation is 1. The Morgan fingerprint density at radius 3 is 3.06 bits per heavy atom.